The molecule has 106 valence electrons. The van der Waals surface area contributed by atoms with Crippen LogP contribution in [0.4, 0.5) is 5.69 Å². The number of para-hydroxylation sites is 1. The number of nitrogens with one attached hydrogen (secondary N) is 1. The lowest BCUT2D eigenvalue weighted by Gasteiger charge is -2.19. The number of nitrogens with two attached hydrogens (primary N) is 1. The molecule has 2 aromatic rings. The summed E-state index contributed by atoms with van der Waals surface area (Å²) >= 11 is 0. The third-order valence-corrected chi connectivity index (χ3v) is 3.30. The molecule has 0 saturated heterocycles. The highest BCUT2D eigenvalue weighted by Gasteiger charge is 2.17. The van der Waals surface area contributed by atoms with Gasteiger partial charge in [0.1, 0.15) is 5.69 Å². The number of hydrogen-bond donors (Lipinski definition) is 3. The van der Waals surface area contributed by atoms with Gasteiger partial charge in [-0.2, -0.15) is 0 Å². The zero-order valence-electron chi connectivity index (χ0n) is 11.6. The number of fused-ring (bicyclic) bond motifs is 1. The third kappa shape index (κ3) is 2.88. The molecule has 0 saturated carbocycles. The van der Waals surface area contributed by atoms with Gasteiger partial charge in [-0.15, -0.1) is 0 Å². The third-order valence-electron chi connectivity index (χ3n) is 3.30. The Morgan fingerprint density at radius 2 is 2.10 bits per heavy atom. The molecule has 0 spiro atoms. The number of nitrogen functional groups attached to an aromatic ring is 1. The summed E-state index contributed by atoms with van der Waals surface area (Å²) in [6.07, 6.45) is 0. The van der Waals surface area contributed by atoms with E-state index in [2.05, 4.69) is 10.3 Å². The molecule has 4 N–H and O–H groups in total. The number of aromatic nitrogens is 1. The summed E-state index contributed by atoms with van der Waals surface area (Å²) in [7, 11) is 0. The molecule has 1 aromatic heterocycles. The van der Waals surface area contributed by atoms with E-state index >= 15 is 0 Å². The van der Waals surface area contributed by atoms with Gasteiger partial charge in [-0.25, -0.2) is 4.98 Å². The van der Waals surface area contributed by atoms with E-state index in [0.717, 1.165) is 5.39 Å². The highest BCUT2D eigenvalue weighted by Crippen LogP contribution is 2.20. The molecule has 0 aliphatic heterocycles. The molecule has 20 heavy (non-hydrogen) atoms. The van der Waals surface area contributed by atoms with Gasteiger partial charge in [0.25, 0.3) is 5.91 Å². The van der Waals surface area contributed by atoms with Crippen molar-refractivity contribution in [2.45, 2.75) is 19.9 Å². The van der Waals surface area contributed by atoms with E-state index in [4.69, 9.17) is 5.73 Å². The minimum absolute atomic E-state index is 0.105. The maximum Gasteiger partial charge on any atom is 0.270 e. The number of aliphatic hydroxyl groups is 1. The number of nitrogens with zero attached hydrogens (tertiary/aromatic N) is 1. The highest BCUT2D eigenvalue weighted by molar-refractivity contribution is 5.99. The van der Waals surface area contributed by atoms with E-state index in [1.54, 1.807) is 6.07 Å². The standard InChI is InChI=1S/C15H19N3O2/c1-9(2)14(8-19)18-15(20)13-7-11(16)10-5-3-4-6-12(10)17-13/h3-7,9,14,19H,8H2,1-2H3,(H2,16,17)(H,18,20). The van der Waals surface area contributed by atoms with Crippen LogP contribution < -0.4 is 11.1 Å². The summed E-state index contributed by atoms with van der Waals surface area (Å²) in [4.78, 5) is 16.5. The molecule has 2 rings (SSSR count). The van der Waals surface area contributed by atoms with Crippen LogP contribution in [-0.2, 0) is 0 Å². The lowest BCUT2D eigenvalue weighted by Crippen LogP contribution is -2.41. The van der Waals surface area contributed by atoms with Gasteiger partial charge in [0.15, 0.2) is 0 Å². The quantitative estimate of drug-likeness (QED) is 0.789. The van der Waals surface area contributed by atoms with Crippen LogP contribution in [0.5, 0.6) is 0 Å². The number of aliphatic hydroxyl groups excluding tert-OH is 1. The SMILES string of the molecule is CC(C)C(CO)NC(=O)c1cc(N)c2ccccc2n1. The Morgan fingerprint density at radius 3 is 2.75 bits per heavy atom. The normalized spacial score (nSPS) is 12.6. The second-order valence-electron chi connectivity index (χ2n) is 5.12. The molecule has 1 atom stereocenters. The van der Waals surface area contributed by atoms with Gasteiger partial charge in [-0.1, -0.05) is 32.0 Å². The fraction of sp³-hybridized carbons (Fsp3) is 0.333. The van der Waals surface area contributed by atoms with Gasteiger partial charge in [-0.3, -0.25) is 4.79 Å². The van der Waals surface area contributed by atoms with Crippen molar-refractivity contribution in [1.82, 2.24) is 10.3 Å². The van der Waals surface area contributed by atoms with Gasteiger partial charge in [0.05, 0.1) is 18.2 Å². The van der Waals surface area contributed by atoms with Crippen LogP contribution in [0.2, 0.25) is 0 Å². The van der Waals surface area contributed by atoms with Crippen LogP contribution >= 0.6 is 0 Å². The molecule has 1 aromatic carbocycles. The Hall–Kier alpha value is -2.14. The van der Waals surface area contributed by atoms with Gasteiger partial charge >= 0.3 is 0 Å². The molecule has 0 fully saturated rings. The van der Waals surface area contributed by atoms with E-state index in [0.29, 0.717) is 11.2 Å². The lowest BCUT2D eigenvalue weighted by molar-refractivity contribution is 0.0892. The first kappa shape index (κ1) is 14.3. The molecular weight excluding hydrogens is 254 g/mol. The van der Waals surface area contributed by atoms with Crippen molar-refractivity contribution in [2.24, 2.45) is 5.92 Å². The highest BCUT2D eigenvalue weighted by atomic mass is 16.3. The summed E-state index contributed by atoms with van der Waals surface area (Å²) in [5.41, 5.74) is 7.42. The Morgan fingerprint density at radius 1 is 1.40 bits per heavy atom. The molecule has 1 unspecified atom stereocenters. The van der Waals surface area contributed by atoms with E-state index < -0.39 is 0 Å². The van der Waals surface area contributed by atoms with E-state index in [9.17, 15) is 9.90 Å². The minimum atomic E-state index is -0.324. The van der Waals surface area contributed by atoms with Crippen molar-refractivity contribution >= 4 is 22.5 Å². The summed E-state index contributed by atoms with van der Waals surface area (Å²) in [5, 5.41) is 12.9. The molecule has 0 radical (unpaired) electrons. The Bertz CT molecular complexity index is 626. The van der Waals surface area contributed by atoms with E-state index in [1.807, 2.05) is 38.1 Å². The Balaban J connectivity index is 2.31. The summed E-state index contributed by atoms with van der Waals surface area (Å²) < 4.78 is 0. The number of carbonyl (C=O) groups is 1. The Kier molecular flexibility index (Phi) is 4.20. The molecule has 0 bridgehead atoms. The number of benzene rings is 1. The second kappa shape index (κ2) is 5.88. The zero-order valence-corrected chi connectivity index (χ0v) is 11.6. The molecule has 1 amide bonds. The number of carbonyl (C=O) groups excluding carboxylic acids is 1. The summed E-state index contributed by atoms with van der Waals surface area (Å²) in [5.74, 6) is -0.183. The summed E-state index contributed by atoms with van der Waals surface area (Å²) in [6, 6.07) is 8.67. The first-order chi connectivity index (χ1) is 9.52. The van der Waals surface area contributed by atoms with Crippen molar-refractivity contribution in [1.29, 1.82) is 0 Å². The van der Waals surface area contributed by atoms with Crippen LogP contribution in [0.25, 0.3) is 10.9 Å². The Labute approximate surface area is 117 Å². The average molecular weight is 273 g/mol. The van der Waals surface area contributed by atoms with Gasteiger partial charge in [0, 0.05) is 11.1 Å². The largest absolute Gasteiger partial charge is 0.398 e. The number of anilines is 1. The van der Waals surface area contributed by atoms with Crippen LogP contribution in [-0.4, -0.2) is 28.6 Å². The number of pyridine rings is 1. The molecule has 5 heteroatoms. The molecular formula is C15H19N3O2. The lowest BCUT2D eigenvalue weighted by atomic mass is 10.1. The van der Waals surface area contributed by atoms with Crippen LogP contribution in [0.3, 0.4) is 0 Å². The van der Waals surface area contributed by atoms with Crippen LogP contribution in [0, 0.1) is 5.92 Å². The molecule has 1 heterocycles. The van der Waals surface area contributed by atoms with Crippen molar-refractivity contribution in [2.75, 3.05) is 12.3 Å². The van der Waals surface area contributed by atoms with Gasteiger partial charge < -0.3 is 16.2 Å². The topological polar surface area (TPSA) is 88.2 Å². The van der Waals surface area contributed by atoms with Crippen LogP contribution in [0.1, 0.15) is 24.3 Å². The predicted molar refractivity (Wildman–Crippen MR) is 79.3 cm³/mol. The maximum atomic E-state index is 12.2. The van der Waals surface area contributed by atoms with Crippen LogP contribution in [0.15, 0.2) is 30.3 Å². The molecule has 0 aliphatic rings. The van der Waals surface area contributed by atoms with E-state index in [-0.39, 0.29) is 30.2 Å². The minimum Gasteiger partial charge on any atom is -0.398 e. The second-order valence-corrected chi connectivity index (χ2v) is 5.12. The fourth-order valence-electron chi connectivity index (χ4n) is 1.98. The number of hydrogen-bond acceptors (Lipinski definition) is 4. The van der Waals surface area contributed by atoms with Crippen molar-refractivity contribution < 1.29 is 9.90 Å². The summed E-state index contributed by atoms with van der Waals surface area (Å²) in [6.45, 7) is 3.76. The predicted octanol–water partition coefficient (Wildman–Crippen LogP) is 1.56. The van der Waals surface area contributed by atoms with Crippen molar-refractivity contribution in [3.63, 3.8) is 0 Å². The number of amides is 1. The van der Waals surface area contributed by atoms with Crippen molar-refractivity contribution in [3.05, 3.63) is 36.0 Å². The number of rotatable bonds is 4. The van der Waals surface area contributed by atoms with Gasteiger partial charge in [-0.05, 0) is 18.1 Å². The molecule has 0 aliphatic carbocycles. The maximum absolute atomic E-state index is 12.2. The first-order valence-electron chi connectivity index (χ1n) is 6.60. The smallest absolute Gasteiger partial charge is 0.270 e. The fourth-order valence-corrected chi connectivity index (χ4v) is 1.98. The average Bonchev–Trinajstić information content (AvgIpc) is 2.44. The first-order valence-corrected chi connectivity index (χ1v) is 6.60. The van der Waals surface area contributed by atoms with Crippen molar-refractivity contribution in [3.8, 4) is 0 Å². The monoisotopic (exact) mass is 273 g/mol. The van der Waals surface area contributed by atoms with Gasteiger partial charge in [0.2, 0.25) is 0 Å². The zero-order chi connectivity index (χ0) is 14.7. The van der Waals surface area contributed by atoms with E-state index in [1.165, 1.54) is 0 Å². The molecule has 5 nitrogen and oxygen atoms in total.